The fourth-order valence-corrected chi connectivity index (χ4v) is 3.82. The first kappa shape index (κ1) is 20.2. The van der Waals surface area contributed by atoms with Crippen molar-refractivity contribution < 1.29 is 14.3 Å². The molecule has 1 unspecified atom stereocenters. The number of nitrogens with one attached hydrogen (secondary N) is 2. The molecule has 1 aromatic heterocycles. The van der Waals surface area contributed by atoms with E-state index in [2.05, 4.69) is 20.6 Å². The normalized spacial score (nSPS) is 21.1. The number of aromatic nitrogens is 2. The van der Waals surface area contributed by atoms with Crippen molar-refractivity contribution in [3.63, 3.8) is 0 Å². The van der Waals surface area contributed by atoms with Gasteiger partial charge in [-0.05, 0) is 25.1 Å². The van der Waals surface area contributed by atoms with E-state index >= 15 is 0 Å². The summed E-state index contributed by atoms with van der Waals surface area (Å²) in [4.78, 5) is 36.7. The predicted molar refractivity (Wildman–Crippen MR) is 114 cm³/mol. The van der Waals surface area contributed by atoms with E-state index in [0.717, 1.165) is 0 Å². The van der Waals surface area contributed by atoms with Crippen molar-refractivity contribution in [2.24, 2.45) is 5.73 Å². The molecular weight excluding hydrogens is 410 g/mol. The molecule has 2 atom stereocenters. The molecular formula is C19H22ClN7O3. The molecule has 2 aromatic rings. The lowest BCUT2D eigenvalue weighted by Crippen LogP contribution is -2.45. The van der Waals surface area contributed by atoms with Crippen LogP contribution in [0.2, 0.25) is 5.15 Å². The molecule has 1 aromatic carbocycles. The van der Waals surface area contributed by atoms with Crippen LogP contribution in [0.25, 0.3) is 0 Å². The van der Waals surface area contributed by atoms with Gasteiger partial charge in [0.25, 0.3) is 5.91 Å². The van der Waals surface area contributed by atoms with Gasteiger partial charge in [0.1, 0.15) is 36.5 Å². The molecule has 3 heterocycles. The van der Waals surface area contributed by atoms with Crippen LogP contribution in [-0.2, 0) is 9.59 Å². The molecule has 2 aliphatic heterocycles. The Bertz CT molecular complexity index is 1000. The Labute approximate surface area is 178 Å². The van der Waals surface area contributed by atoms with E-state index in [1.54, 1.807) is 30.1 Å². The molecule has 0 aliphatic carbocycles. The minimum atomic E-state index is -0.723. The Kier molecular flexibility index (Phi) is 5.35. The highest BCUT2D eigenvalue weighted by Crippen LogP contribution is 2.35. The molecule has 0 fully saturated rings. The van der Waals surface area contributed by atoms with E-state index in [9.17, 15) is 9.59 Å². The van der Waals surface area contributed by atoms with Crippen LogP contribution >= 0.6 is 11.6 Å². The fourth-order valence-electron chi connectivity index (χ4n) is 3.56. The molecule has 2 aliphatic rings. The standard InChI is InChI=1S/C19H22ClN7O3/c1-3-27-13-6-10(4-5-14(13)30-8-11(21)18(27)28)25-12-7-22-17-15(26(2)19(12)29)16(20)23-9-24-17/h4-6,9,11-12,25H,3,7-8,21H2,1-2H3,(H,22,23,24)/t11-,12?/m0/s1. The van der Waals surface area contributed by atoms with E-state index in [-0.39, 0.29) is 23.6 Å². The van der Waals surface area contributed by atoms with Gasteiger partial charge in [0.05, 0.1) is 5.69 Å². The molecule has 0 saturated heterocycles. The summed E-state index contributed by atoms with van der Waals surface area (Å²) in [6.07, 6.45) is 1.34. The number of fused-ring (bicyclic) bond motifs is 2. The zero-order valence-corrected chi connectivity index (χ0v) is 17.3. The highest BCUT2D eigenvalue weighted by atomic mass is 35.5. The Balaban J connectivity index is 1.61. The smallest absolute Gasteiger partial charge is 0.251 e. The topological polar surface area (TPSA) is 126 Å². The van der Waals surface area contributed by atoms with Crippen LogP contribution in [-0.4, -0.2) is 60.6 Å². The third-order valence-electron chi connectivity index (χ3n) is 5.12. The summed E-state index contributed by atoms with van der Waals surface area (Å²) in [5.74, 6) is 0.654. The molecule has 0 bridgehead atoms. The lowest BCUT2D eigenvalue weighted by atomic mass is 10.2. The first-order valence-electron chi connectivity index (χ1n) is 9.53. The molecule has 0 spiro atoms. The summed E-state index contributed by atoms with van der Waals surface area (Å²) < 4.78 is 5.69. The second-order valence-corrected chi connectivity index (χ2v) is 7.38. The van der Waals surface area contributed by atoms with E-state index in [1.165, 1.54) is 11.2 Å². The van der Waals surface area contributed by atoms with Gasteiger partial charge in [-0.2, -0.15) is 0 Å². The first-order chi connectivity index (χ1) is 14.4. The van der Waals surface area contributed by atoms with Gasteiger partial charge in [-0.1, -0.05) is 11.6 Å². The van der Waals surface area contributed by atoms with Crippen molar-refractivity contribution >= 4 is 46.3 Å². The van der Waals surface area contributed by atoms with Gasteiger partial charge in [0.2, 0.25) is 5.91 Å². The minimum absolute atomic E-state index is 0.116. The number of ether oxygens (including phenoxy) is 1. The largest absolute Gasteiger partial charge is 0.489 e. The third kappa shape index (κ3) is 3.48. The summed E-state index contributed by atoms with van der Waals surface area (Å²) in [7, 11) is 1.63. The summed E-state index contributed by atoms with van der Waals surface area (Å²) in [6, 6.07) is 4.03. The second kappa shape index (κ2) is 7.96. The number of rotatable bonds is 3. The first-order valence-corrected chi connectivity index (χ1v) is 9.90. The Morgan fingerprint density at radius 1 is 1.33 bits per heavy atom. The van der Waals surface area contributed by atoms with Crippen molar-refractivity contribution in [3.05, 3.63) is 29.7 Å². The zero-order chi connectivity index (χ0) is 21.4. The van der Waals surface area contributed by atoms with Crippen LogP contribution in [0.5, 0.6) is 5.75 Å². The highest BCUT2D eigenvalue weighted by Gasteiger charge is 2.32. The van der Waals surface area contributed by atoms with Gasteiger partial charge < -0.3 is 30.9 Å². The van der Waals surface area contributed by atoms with Gasteiger partial charge in [-0.3, -0.25) is 9.59 Å². The van der Waals surface area contributed by atoms with Crippen molar-refractivity contribution in [3.8, 4) is 5.75 Å². The maximum Gasteiger partial charge on any atom is 0.251 e. The third-order valence-corrected chi connectivity index (χ3v) is 5.40. The van der Waals surface area contributed by atoms with Crippen LogP contribution in [0.3, 0.4) is 0 Å². The summed E-state index contributed by atoms with van der Waals surface area (Å²) in [5, 5.41) is 6.56. The number of benzene rings is 1. The van der Waals surface area contributed by atoms with E-state index in [4.69, 9.17) is 22.1 Å². The van der Waals surface area contributed by atoms with Crippen LogP contribution in [0, 0.1) is 0 Å². The molecule has 158 valence electrons. The van der Waals surface area contributed by atoms with Gasteiger partial charge in [0.15, 0.2) is 11.0 Å². The SMILES string of the molecule is CCN1C(=O)[C@@H](N)COc2ccc(NC3CNc4ncnc(Cl)c4N(C)C3=O)cc21. The van der Waals surface area contributed by atoms with Crippen molar-refractivity contribution in [1.82, 2.24) is 9.97 Å². The van der Waals surface area contributed by atoms with Gasteiger partial charge in [0, 0.05) is 25.8 Å². The summed E-state index contributed by atoms with van der Waals surface area (Å²) in [5.41, 5.74) is 7.61. The highest BCUT2D eigenvalue weighted by molar-refractivity contribution is 6.33. The number of nitrogens with two attached hydrogens (primary N) is 1. The quantitative estimate of drug-likeness (QED) is 0.616. The number of likely N-dealkylation sites (N-methyl/N-ethyl adjacent to an activating group) is 2. The van der Waals surface area contributed by atoms with Crippen molar-refractivity contribution in [2.45, 2.75) is 19.0 Å². The Hall–Kier alpha value is -3.11. The number of halogens is 1. The number of nitrogens with zero attached hydrogens (tertiary/aromatic N) is 4. The summed E-state index contributed by atoms with van der Waals surface area (Å²) >= 11 is 6.17. The lowest BCUT2D eigenvalue weighted by molar-refractivity contribution is -0.120. The number of anilines is 4. The lowest BCUT2D eigenvalue weighted by Gasteiger charge is -2.24. The summed E-state index contributed by atoms with van der Waals surface area (Å²) in [6.45, 7) is 2.73. The Morgan fingerprint density at radius 3 is 2.90 bits per heavy atom. The molecule has 30 heavy (non-hydrogen) atoms. The second-order valence-electron chi connectivity index (χ2n) is 7.02. The van der Waals surface area contributed by atoms with E-state index in [1.807, 2.05) is 6.92 Å². The zero-order valence-electron chi connectivity index (χ0n) is 16.6. The van der Waals surface area contributed by atoms with Crippen molar-refractivity contribution in [1.29, 1.82) is 0 Å². The molecule has 2 amide bonds. The number of hydrogen-bond acceptors (Lipinski definition) is 8. The fraction of sp³-hybridized carbons (Fsp3) is 0.368. The number of amides is 2. The van der Waals surface area contributed by atoms with Gasteiger partial charge in [-0.25, -0.2) is 9.97 Å². The molecule has 0 radical (unpaired) electrons. The Morgan fingerprint density at radius 2 is 2.13 bits per heavy atom. The average Bonchev–Trinajstić information content (AvgIpc) is 2.93. The molecule has 10 nitrogen and oxygen atoms in total. The maximum atomic E-state index is 13.0. The van der Waals surface area contributed by atoms with Crippen LogP contribution in [0.4, 0.5) is 22.9 Å². The number of carbonyl (C=O) groups excluding carboxylic acids is 2. The van der Waals surface area contributed by atoms with Crippen LogP contribution < -0.4 is 30.9 Å². The molecule has 0 saturated carbocycles. The minimum Gasteiger partial charge on any atom is -0.489 e. The van der Waals surface area contributed by atoms with Crippen LogP contribution in [0.15, 0.2) is 24.5 Å². The number of carbonyl (C=O) groups is 2. The predicted octanol–water partition coefficient (Wildman–Crippen LogP) is 1.07. The van der Waals surface area contributed by atoms with E-state index < -0.39 is 12.1 Å². The van der Waals surface area contributed by atoms with Gasteiger partial charge >= 0.3 is 0 Å². The average molecular weight is 432 g/mol. The molecule has 4 rings (SSSR count). The van der Waals surface area contributed by atoms with Gasteiger partial charge in [-0.15, -0.1) is 0 Å². The van der Waals surface area contributed by atoms with Crippen LogP contribution in [0.1, 0.15) is 6.92 Å². The maximum absolute atomic E-state index is 13.0. The number of hydrogen-bond donors (Lipinski definition) is 3. The van der Waals surface area contributed by atoms with Crippen molar-refractivity contribution in [2.75, 3.05) is 47.2 Å². The monoisotopic (exact) mass is 431 g/mol. The molecule has 4 N–H and O–H groups in total. The van der Waals surface area contributed by atoms with E-state index in [0.29, 0.717) is 41.7 Å². The molecule has 11 heteroatoms.